The van der Waals surface area contributed by atoms with Crippen LogP contribution in [0, 0.1) is 0 Å². The van der Waals surface area contributed by atoms with Gasteiger partial charge >= 0.3 is 12.1 Å². The summed E-state index contributed by atoms with van der Waals surface area (Å²) in [5.74, 6) is -0.339. The van der Waals surface area contributed by atoms with Crippen LogP contribution in [0.2, 0.25) is 0 Å². The first-order valence-electron chi connectivity index (χ1n) is 11.3. The van der Waals surface area contributed by atoms with E-state index in [2.05, 4.69) is 15.4 Å². The molecule has 5 nitrogen and oxygen atoms in total. The highest BCUT2D eigenvalue weighted by molar-refractivity contribution is 5.84. The lowest BCUT2D eigenvalue weighted by molar-refractivity contribution is -0.155. The van der Waals surface area contributed by atoms with Gasteiger partial charge in [-0.05, 0) is 69.5 Å². The number of halogens is 4. The SMILES string of the molecule is CC(C)(C)OC(=O)CC1CCc2cc3ccc(OCc4ccc(OCF)c(C(F)(F)F)c4)cc3n21. The first-order chi connectivity index (χ1) is 16.4. The summed E-state index contributed by atoms with van der Waals surface area (Å²) in [5.41, 5.74) is 0.670. The fourth-order valence-corrected chi connectivity index (χ4v) is 4.42. The monoisotopic (exact) mass is 493 g/mol. The van der Waals surface area contributed by atoms with Crippen molar-refractivity contribution < 1.29 is 36.6 Å². The molecule has 3 aromatic rings. The van der Waals surface area contributed by atoms with Crippen molar-refractivity contribution in [3.63, 3.8) is 0 Å². The number of hydrogen-bond acceptors (Lipinski definition) is 4. The number of esters is 1. The molecule has 0 bridgehead atoms. The highest BCUT2D eigenvalue weighted by atomic mass is 19.4. The van der Waals surface area contributed by atoms with Gasteiger partial charge in [-0.2, -0.15) is 13.2 Å². The van der Waals surface area contributed by atoms with Gasteiger partial charge in [0.2, 0.25) is 6.86 Å². The second-order valence-corrected chi connectivity index (χ2v) is 9.58. The van der Waals surface area contributed by atoms with Gasteiger partial charge in [0.1, 0.15) is 23.7 Å². The van der Waals surface area contributed by atoms with Gasteiger partial charge in [0.15, 0.2) is 0 Å². The Kier molecular flexibility index (Phi) is 6.71. The van der Waals surface area contributed by atoms with Gasteiger partial charge in [0.05, 0.1) is 17.5 Å². The van der Waals surface area contributed by atoms with E-state index in [4.69, 9.17) is 9.47 Å². The molecule has 0 saturated carbocycles. The lowest BCUT2D eigenvalue weighted by Gasteiger charge is -2.22. The van der Waals surface area contributed by atoms with Crippen molar-refractivity contribution in [1.82, 2.24) is 4.57 Å². The van der Waals surface area contributed by atoms with Crippen LogP contribution in [0.3, 0.4) is 0 Å². The minimum absolute atomic E-state index is 0.0370. The van der Waals surface area contributed by atoms with E-state index >= 15 is 0 Å². The number of aromatic nitrogens is 1. The number of nitrogens with zero attached hydrogens (tertiary/aromatic N) is 1. The van der Waals surface area contributed by atoms with E-state index < -0.39 is 30.0 Å². The molecule has 0 spiro atoms. The van der Waals surface area contributed by atoms with Gasteiger partial charge in [0, 0.05) is 23.2 Å². The molecular formula is C26H27F4NO4. The lowest BCUT2D eigenvalue weighted by Crippen LogP contribution is -2.25. The quantitative estimate of drug-likeness (QED) is 0.269. The van der Waals surface area contributed by atoms with Crippen LogP contribution in [0.15, 0.2) is 42.5 Å². The second-order valence-electron chi connectivity index (χ2n) is 9.58. The number of aryl methyl sites for hydroxylation is 1. The summed E-state index contributed by atoms with van der Waals surface area (Å²) in [5, 5.41) is 0.994. The van der Waals surface area contributed by atoms with E-state index in [0.717, 1.165) is 41.6 Å². The summed E-state index contributed by atoms with van der Waals surface area (Å²) in [6.45, 7) is 4.03. The fraction of sp³-hybridized carbons (Fsp3) is 0.423. The molecule has 1 aliphatic rings. The number of hydrogen-bond donors (Lipinski definition) is 0. The van der Waals surface area contributed by atoms with Crippen molar-refractivity contribution in [1.29, 1.82) is 0 Å². The van der Waals surface area contributed by atoms with Crippen LogP contribution in [0.25, 0.3) is 10.9 Å². The van der Waals surface area contributed by atoms with E-state index in [1.807, 2.05) is 32.9 Å². The van der Waals surface area contributed by atoms with Crippen LogP contribution in [0.5, 0.6) is 11.5 Å². The third kappa shape index (κ3) is 5.71. The topological polar surface area (TPSA) is 49.7 Å². The van der Waals surface area contributed by atoms with Crippen LogP contribution in [0.1, 0.15) is 56.5 Å². The molecule has 0 fully saturated rings. The number of carbonyl (C=O) groups is 1. The number of fused-ring (bicyclic) bond motifs is 3. The number of rotatable bonds is 7. The molecule has 1 atom stereocenters. The Balaban J connectivity index is 1.53. The molecule has 9 heteroatoms. The molecule has 1 unspecified atom stereocenters. The van der Waals surface area contributed by atoms with E-state index in [0.29, 0.717) is 5.75 Å². The minimum Gasteiger partial charge on any atom is -0.489 e. The summed E-state index contributed by atoms with van der Waals surface area (Å²) >= 11 is 0. The number of carbonyl (C=O) groups excluding carboxylic acids is 1. The molecule has 0 radical (unpaired) electrons. The second kappa shape index (κ2) is 9.43. The summed E-state index contributed by atoms with van der Waals surface area (Å²) in [6, 6.07) is 10.9. The van der Waals surface area contributed by atoms with Crippen LogP contribution in [0.4, 0.5) is 17.6 Å². The smallest absolute Gasteiger partial charge is 0.419 e. The van der Waals surface area contributed by atoms with Gasteiger partial charge in [0.25, 0.3) is 0 Å². The summed E-state index contributed by atoms with van der Waals surface area (Å²) in [6.07, 6.45) is -2.77. The maximum absolute atomic E-state index is 13.3. The van der Waals surface area contributed by atoms with E-state index in [1.54, 1.807) is 6.07 Å². The average Bonchev–Trinajstić information content (AvgIpc) is 3.30. The Morgan fingerprint density at radius 3 is 2.51 bits per heavy atom. The number of alkyl halides is 4. The minimum atomic E-state index is -4.69. The first-order valence-corrected chi connectivity index (χ1v) is 11.3. The fourth-order valence-electron chi connectivity index (χ4n) is 4.42. The van der Waals surface area contributed by atoms with Crippen LogP contribution >= 0.6 is 0 Å². The zero-order valence-corrected chi connectivity index (χ0v) is 19.7. The van der Waals surface area contributed by atoms with Crippen molar-refractivity contribution in [3.05, 3.63) is 59.3 Å². The van der Waals surface area contributed by atoms with Crippen molar-refractivity contribution >= 4 is 16.9 Å². The summed E-state index contributed by atoms with van der Waals surface area (Å²) in [7, 11) is 0. The predicted molar refractivity (Wildman–Crippen MR) is 122 cm³/mol. The van der Waals surface area contributed by atoms with Gasteiger partial charge < -0.3 is 18.8 Å². The van der Waals surface area contributed by atoms with E-state index in [9.17, 15) is 22.4 Å². The van der Waals surface area contributed by atoms with Crippen molar-refractivity contribution in [2.75, 3.05) is 6.86 Å². The van der Waals surface area contributed by atoms with Crippen LogP contribution in [-0.2, 0) is 28.7 Å². The number of ether oxygens (including phenoxy) is 3. The van der Waals surface area contributed by atoms with Crippen molar-refractivity contribution in [2.24, 2.45) is 0 Å². The molecular weight excluding hydrogens is 466 g/mol. The third-order valence-electron chi connectivity index (χ3n) is 5.78. The molecule has 0 aliphatic carbocycles. The molecule has 0 saturated heterocycles. The van der Waals surface area contributed by atoms with Gasteiger partial charge in [-0.15, -0.1) is 0 Å². The molecule has 0 amide bonds. The maximum Gasteiger partial charge on any atom is 0.419 e. The molecule has 2 heterocycles. The first kappa shape index (κ1) is 24.9. The Labute approximate surface area is 200 Å². The standard InChI is InChI=1S/C26H27F4NO4/c1-25(2,3)35-24(32)12-19-7-6-18-11-17-5-8-20(13-22(17)31(18)19)33-14-16-4-9-23(34-15-27)21(10-16)26(28,29)30/h4-5,8-11,13,19H,6-7,12,14-15H2,1-3H3. The zero-order valence-electron chi connectivity index (χ0n) is 19.7. The largest absolute Gasteiger partial charge is 0.489 e. The van der Waals surface area contributed by atoms with Gasteiger partial charge in [-0.25, -0.2) is 4.39 Å². The molecule has 35 heavy (non-hydrogen) atoms. The Hall–Kier alpha value is -3.23. The lowest BCUT2D eigenvalue weighted by atomic mass is 10.1. The normalized spacial score (nSPS) is 15.8. The molecule has 2 aromatic carbocycles. The predicted octanol–water partition coefficient (Wildman–Crippen LogP) is 6.76. The highest BCUT2D eigenvalue weighted by Gasteiger charge is 2.35. The van der Waals surface area contributed by atoms with Crippen LogP contribution in [-0.4, -0.2) is 23.0 Å². The van der Waals surface area contributed by atoms with Gasteiger partial charge in [-0.3, -0.25) is 4.79 Å². The number of benzene rings is 2. The molecule has 1 aliphatic heterocycles. The van der Waals surface area contributed by atoms with E-state index in [1.165, 1.54) is 6.07 Å². The van der Waals surface area contributed by atoms with Crippen LogP contribution < -0.4 is 9.47 Å². The molecule has 0 N–H and O–H groups in total. The van der Waals surface area contributed by atoms with Crippen molar-refractivity contribution in [2.45, 2.75) is 64.5 Å². The third-order valence-corrected chi connectivity index (χ3v) is 5.78. The average molecular weight is 493 g/mol. The maximum atomic E-state index is 13.3. The van der Waals surface area contributed by atoms with E-state index in [-0.39, 0.29) is 30.6 Å². The molecule has 4 rings (SSSR count). The Morgan fingerprint density at radius 2 is 1.83 bits per heavy atom. The molecule has 1 aromatic heterocycles. The summed E-state index contributed by atoms with van der Waals surface area (Å²) < 4.78 is 70.3. The van der Waals surface area contributed by atoms with Crippen molar-refractivity contribution in [3.8, 4) is 11.5 Å². The summed E-state index contributed by atoms with van der Waals surface area (Å²) in [4.78, 5) is 12.4. The van der Waals surface area contributed by atoms with Gasteiger partial charge in [-0.1, -0.05) is 6.07 Å². The highest BCUT2D eigenvalue weighted by Crippen LogP contribution is 2.38. The Morgan fingerprint density at radius 1 is 1.06 bits per heavy atom. The Bertz CT molecular complexity index is 1230. The molecule has 188 valence electrons. The zero-order chi connectivity index (χ0) is 25.4.